The highest BCUT2D eigenvalue weighted by molar-refractivity contribution is 4.93. The van der Waals surface area contributed by atoms with Gasteiger partial charge < -0.3 is 14.4 Å². The zero-order valence-corrected chi connectivity index (χ0v) is 14.5. The summed E-state index contributed by atoms with van der Waals surface area (Å²) in [4.78, 5) is 2.45. The Hall–Kier alpha value is -0.380. The quantitative estimate of drug-likeness (QED) is 0.451. The van der Waals surface area contributed by atoms with E-state index >= 15 is 0 Å². The lowest BCUT2D eigenvalue weighted by Gasteiger charge is -2.35. The van der Waals surface area contributed by atoms with E-state index in [1.54, 1.807) is 0 Å². The third kappa shape index (κ3) is 6.94. The normalized spacial score (nSPS) is 26.8. The first-order valence-electron chi connectivity index (χ1n) is 8.83. The molecule has 0 N–H and O–H groups in total. The maximum Gasteiger partial charge on any atom is 0.0842 e. The van der Waals surface area contributed by atoms with E-state index in [0.717, 1.165) is 52.1 Å². The third-order valence-corrected chi connectivity index (χ3v) is 4.46. The fraction of sp³-hybridized carbons (Fsp3) is 0.889. The lowest BCUT2D eigenvalue weighted by molar-refractivity contribution is -0.0968. The van der Waals surface area contributed by atoms with Crippen LogP contribution in [0.5, 0.6) is 0 Å². The molecule has 0 aromatic carbocycles. The van der Waals surface area contributed by atoms with Crippen molar-refractivity contribution in [1.29, 1.82) is 0 Å². The Morgan fingerprint density at radius 2 is 1.81 bits per heavy atom. The van der Waals surface area contributed by atoms with Crippen LogP contribution in [0.1, 0.15) is 53.4 Å². The summed E-state index contributed by atoms with van der Waals surface area (Å²) < 4.78 is 12.1. The summed E-state index contributed by atoms with van der Waals surface area (Å²) in [5.41, 5.74) is 0. The predicted octanol–water partition coefficient (Wildman–Crippen LogP) is 3.88. The fourth-order valence-electron chi connectivity index (χ4n) is 3.22. The molecule has 3 nitrogen and oxygen atoms in total. The van der Waals surface area contributed by atoms with Gasteiger partial charge in [0.25, 0.3) is 0 Å². The Labute approximate surface area is 131 Å². The Balaban J connectivity index is 2.35. The van der Waals surface area contributed by atoms with Gasteiger partial charge in [0.1, 0.15) is 0 Å². The van der Waals surface area contributed by atoms with Crippen LogP contribution in [0.3, 0.4) is 0 Å². The van der Waals surface area contributed by atoms with E-state index in [1.165, 1.54) is 6.42 Å². The minimum absolute atomic E-state index is 0.275. The molecule has 3 atom stereocenters. The molecule has 3 unspecified atom stereocenters. The van der Waals surface area contributed by atoms with E-state index in [1.807, 2.05) is 0 Å². The van der Waals surface area contributed by atoms with Crippen LogP contribution >= 0.6 is 0 Å². The molecule has 0 aromatic heterocycles. The minimum Gasteiger partial charge on any atom is -0.376 e. The molecule has 0 aliphatic heterocycles. The zero-order valence-electron chi connectivity index (χ0n) is 14.5. The second kappa shape index (κ2) is 11.2. The van der Waals surface area contributed by atoms with Crippen molar-refractivity contribution in [2.24, 2.45) is 5.92 Å². The number of hydrogen-bond acceptors (Lipinski definition) is 3. The van der Waals surface area contributed by atoms with Crippen LogP contribution in [0.15, 0.2) is 12.2 Å². The molecule has 0 saturated heterocycles. The van der Waals surface area contributed by atoms with Crippen molar-refractivity contribution in [3.8, 4) is 0 Å². The molecule has 0 spiro atoms. The lowest BCUT2D eigenvalue weighted by atomic mass is 9.85. The first-order valence-corrected chi connectivity index (χ1v) is 8.83. The van der Waals surface area contributed by atoms with Gasteiger partial charge in [0.05, 0.1) is 12.2 Å². The molecule has 1 rings (SSSR count). The summed E-state index contributed by atoms with van der Waals surface area (Å²) in [7, 11) is 0. The molecular weight excluding hydrogens is 262 g/mol. The van der Waals surface area contributed by atoms with Gasteiger partial charge in [-0.25, -0.2) is 0 Å². The first kappa shape index (κ1) is 18.7. The van der Waals surface area contributed by atoms with Crippen LogP contribution in [0.4, 0.5) is 0 Å². The third-order valence-electron chi connectivity index (χ3n) is 4.46. The fourth-order valence-corrected chi connectivity index (χ4v) is 3.22. The molecule has 0 aromatic rings. The largest absolute Gasteiger partial charge is 0.376 e. The smallest absolute Gasteiger partial charge is 0.0842 e. The molecular formula is C18H35NO2. The van der Waals surface area contributed by atoms with E-state index in [4.69, 9.17) is 9.47 Å². The second-order valence-corrected chi connectivity index (χ2v) is 5.88. The van der Waals surface area contributed by atoms with Crippen LogP contribution in [-0.4, -0.2) is 50.0 Å². The van der Waals surface area contributed by atoms with E-state index < -0.39 is 0 Å². The summed E-state index contributed by atoms with van der Waals surface area (Å²) in [6.07, 6.45) is 9.66. The molecule has 1 fully saturated rings. The van der Waals surface area contributed by atoms with Crippen LogP contribution < -0.4 is 0 Å². The van der Waals surface area contributed by atoms with E-state index in [2.05, 4.69) is 44.7 Å². The molecule has 1 aliphatic rings. The average Bonchev–Trinajstić information content (AvgIpc) is 2.50. The standard InChI is InChI=1S/C18H35NO2/c1-5-10-16-11-12-17(20-8-4)18(15-16)21-14-9-13-19(6-2)7-3/h5,10,16-18H,6-9,11-15H2,1-4H3/b10-5+. The van der Waals surface area contributed by atoms with Crippen molar-refractivity contribution in [2.45, 2.75) is 65.6 Å². The number of hydrogen-bond donors (Lipinski definition) is 0. The molecule has 21 heavy (non-hydrogen) atoms. The van der Waals surface area contributed by atoms with Crippen molar-refractivity contribution >= 4 is 0 Å². The summed E-state index contributed by atoms with van der Waals surface area (Å²) >= 11 is 0. The Kier molecular flexibility index (Phi) is 9.98. The number of nitrogens with zero attached hydrogens (tertiary/aromatic N) is 1. The monoisotopic (exact) mass is 297 g/mol. The Bertz CT molecular complexity index is 276. The highest BCUT2D eigenvalue weighted by atomic mass is 16.5. The van der Waals surface area contributed by atoms with Gasteiger partial charge >= 0.3 is 0 Å². The molecule has 1 aliphatic carbocycles. The number of allylic oxidation sites excluding steroid dienone is 2. The van der Waals surface area contributed by atoms with Gasteiger partial charge in [-0.2, -0.15) is 0 Å². The van der Waals surface area contributed by atoms with Crippen molar-refractivity contribution in [1.82, 2.24) is 4.90 Å². The first-order chi connectivity index (χ1) is 10.2. The van der Waals surface area contributed by atoms with Gasteiger partial charge in [-0.1, -0.05) is 26.0 Å². The second-order valence-electron chi connectivity index (χ2n) is 5.88. The van der Waals surface area contributed by atoms with Crippen molar-refractivity contribution < 1.29 is 9.47 Å². The van der Waals surface area contributed by atoms with Gasteiger partial charge in [0, 0.05) is 19.8 Å². The van der Waals surface area contributed by atoms with Crippen molar-refractivity contribution in [3.63, 3.8) is 0 Å². The average molecular weight is 297 g/mol. The van der Waals surface area contributed by atoms with E-state index in [0.29, 0.717) is 12.0 Å². The highest BCUT2D eigenvalue weighted by Crippen LogP contribution is 2.29. The predicted molar refractivity (Wildman–Crippen MR) is 89.7 cm³/mol. The minimum atomic E-state index is 0.275. The highest BCUT2D eigenvalue weighted by Gasteiger charge is 2.30. The lowest BCUT2D eigenvalue weighted by Crippen LogP contribution is -2.38. The summed E-state index contributed by atoms with van der Waals surface area (Å²) in [6.45, 7) is 13.7. The summed E-state index contributed by atoms with van der Waals surface area (Å²) in [6, 6.07) is 0. The van der Waals surface area contributed by atoms with Crippen LogP contribution in [0.2, 0.25) is 0 Å². The maximum atomic E-state index is 6.18. The van der Waals surface area contributed by atoms with Gasteiger partial charge in [0.15, 0.2) is 0 Å². The molecule has 0 bridgehead atoms. The molecule has 0 heterocycles. The molecule has 0 radical (unpaired) electrons. The number of ether oxygens (including phenoxy) is 2. The molecule has 124 valence electrons. The molecule has 1 saturated carbocycles. The summed E-state index contributed by atoms with van der Waals surface area (Å²) in [5.74, 6) is 0.666. The van der Waals surface area contributed by atoms with Crippen LogP contribution in [-0.2, 0) is 9.47 Å². The van der Waals surface area contributed by atoms with E-state index in [9.17, 15) is 0 Å². The molecule has 0 amide bonds. The van der Waals surface area contributed by atoms with Gasteiger partial charge in [0.2, 0.25) is 0 Å². The Morgan fingerprint density at radius 3 is 2.43 bits per heavy atom. The SMILES string of the molecule is C/C=C/C1CCC(OCC)C(OCCCN(CC)CC)C1. The topological polar surface area (TPSA) is 21.7 Å². The van der Waals surface area contributed by atoms with Crippen LogP contribution in [0, 0.1) is 5.92 Å². The van der Waals surface area contributed by atoms with E-state index in [-0.39, 0.29) is 6.10 Å². The van der Waals surface area contributed by atoms with Gasteiger partial charge in [-0.05, 0) is 58.5 Å². The molecule has 3 heteroatoms. The Morgan fingerprint density at radius 1 is 1.05 bits per heavy atom. The van der Waals surface area contributed by atoms with Crippen LogP contribution in [0.25, 0.3) is 0 Å². The van der Waals surface area contributed by atoms with Crippen molar-refractivity contribution in [3.05, 3.63) is 12.2 Å². The van der Waals surface area contributed by atoms with Gasteiger partial charge in [-0.15, -0.1) is 0 Å². The maximum absolute atomic E-state index is 6.18. The zero-order chi connectivity index (χ0) is 15.5. The summed E-state index contributed by atoms with van der Waals surface area (Å²) in [5, 5.41) is 0. The number of rotatable bonds is 10. The van der Waals surface area contributed by atoms with Crippen molar-refractivity contribution in [2.75, 3.05) is 32.8 Å². The van der Waals surface area contributed by atoms with Gasteiger partial charge in [-0.3, -0.25) is 0 Å².